The van der Waals surface area contributed by atoms with Gasteiger partial charge in [-0.2, -0.15) is 8.42 Å². The summed E-state index contributed by atoms with van der Waals surface area (Å²) in [4.78, 5) is 15.9. The molecule has 0 saturated carbocycles. The molecule has 0 amide bonds. The van der Waals surface area contributed by atoms with Gasteiger partial charge in [0.05, 0.1) is 18.2 Å². The first-order valence-electron chi connectivity index (χ1n) is 7.31. The molecular weight excluding hydrogens is 386 g/mol. The lowest BCUT2D eigenvalue weighted by molar-refractivity contribution is -0.146. The molecule has 0 radical (unpaired) electrons. The highest BCUT2D eigenvalue weighted by Crippen LogP contribution is 2.33. The lowest BCUT2D eigenvalue weighted by atomic mass is 9.81. The van der Waals surface area contributed by atoms with E-state index in [1.807, 2.05) is 20.8 Å². The summed E-state index contributed by atoms with van der Waals surface area (Å²) in [7, 11) is -4.15. The van der Waals surface area contributed by atoms with Crippen molar-refractivity contribution in [2.45, 2.75) is 44.6 Å². The van der Waals surface area contributed by atoms with Crippen molar-refractivity contribution in [3.8, 4) is 0 Å². The molecule has 0 bridgehead atoms. The zero-order chi connectivity index (χ0) is 17.3. The first-order chi connectivity index (χ1) is 10.6. The van der Waals surface area contributed by atoms with Crippen molar-refractivity contribution < 1.29 is 22.1 Å². The molecule has 128 valence electrons. The van der Waals surface area contributed by atoms with Crippen molar-refractivity contribution in [2.24, 2.45) is 11.3 Å². The number of hydrogen-bond donors (Lipinski definition) is 0. The molecule has 23 heavy (non-hydrogen) atoms. The molecule has 0 aromatic carbocycles. The van der Waals surface area contributed by atoms with Gasteiger partial charge in [-0.3, -0.25) is 4.79 Å². The number of hydrogen-bond acceptors (Lipinski definition) is 6. The first-order valence-corrected chi connectivity index (χ1v) is 9.51. The Balaban J connectivity index is 2.07. The molecule has 0 spiro atoms. The minimum atomic E-state index is -4.15. The summed E-state index contributed by atoms with van der Waals surface area (Å²) < 4.78 is 35.3. The molecule has 2 heterocycles. The molecule has 1 aliphatic rings. The number of halogens is 1. The van der Waals surface area contributed by atoms with Crippen LogP contribution in [0.2, 0.25) is 0 Å². The third-order valence-corrected chi connectivity index (χ3v) is 5.44. The van der Waals surface area contributed by atoms with Crippen molar-refractivity contribution in [3.05, 3.63) is 22.9 Å². The fourth-order valence-electron chi connectivity index (χ4n) is 2.35. The van der Waals surface area contributed by atoms with Gasteiger partial charge in [0.1, 0.15) is 9.50 Å². The van der Waals surface area contributed by atoms with E-state index in [2.05, 4.69) is 20.9 Å². The van der Waals surface area contributed by atoms with E-state index in [0.29, 0.717) is 24.1 Å². The SMILES string of the molecule is CC(C)(C)C1CC(C(=O)OS(=O)(=O)c2ccc(Br)nc2)CCO1. The molecule has 1 fully saturated rings. The molecule has 2 atom stereocenters. The van der Waals surface area contributed by atoms with Crippen molar-refractivity contribution in [1.29, 1.82) is 0 Å². The zero-order valence-corrected chi connectivity index (χ0v) is 15.7. The Labute approximate surface area is 144 Å². The van der Waals surface area contributed by atoms with E-state index < -0.39 is 22.0 Å². The molecule has 1 saturated heterocycles. The van der Waals surface area contributed by atoms with Crippen LogP contribution >= 0.6 is 15.9 Å². The largest absolute Gasteiger partial charge is 0.378 e. The average molecular weight is 406 g/mol. The smallest absolute Gasteiger partial charge is 0.343 e. The van der Waals surface area contributed by atoms with Crippen LogP contribution in [0.4, 0.5) is 0 Å². The van der Waals surface area contributed by atoms with Gasteiger partial charge >= 0.3 is 16.1 Å². The Morgan fingerprint density at radius 2 is 2.09 bits per heavy atom. The van der Waals surface area contributed by atoms with Crippen molar-refractivity contribution in [3.63, 3.8) is 0 Å². The number of rotatable bonds is 3. The van der Waals surface area contributed by atoms with Gasteiger partial charge in [-0.05, 0) is 46.3 Å². The van der Waals surface area contributed by atoms with E-state index >= 15 is 0 Å². The van der Waals surface area contributed by atoms with Crippen LogP contribution in [0.15, 0.2) is 27.8 Å². The second kappa shape index (κ2) is 6.86. The van der Waals surface area contributed by atoms with Crippen molar-refractivity contribution >= 4 is 32.0 Å². The number of ether oxygens (including phenoxy) is 1. The summed E-state index contributed by atoms with van der Waals surface area (Å²) in [6.07, 6.45) is 1.95. The van der Waals surface area contributed by atoms with Crippen molar-refractivity contribution in [2.75, 3.05) is 6.61 Å². The van der Waals surface area contributed by atoms with E-state index in [0.717, 1.165) is 6.20 Å². The van der Waals surface area contributed by atoms with Gasteiger partial charge in [-0.1, -0.05) is 20.8 Å². The Kier molecular flexibility index (Phi) is 5.48. The topological polar surface area (TPSA) is 82.6 Å². The van der Waals surface area contributed by atoms with Crippen molar-refractivity contribution in [1.82, 2.24) is 4.98 Å². The highest BCUT2D eigenvalue weighted by Gasteiger charge is 2.37. The fourth-order valence-corrected chi connectivity index (χ4v) is 3.45. The Morgan fingerprint density at radius 3 is 2.65 bits per heavy atom. The quantitative estimate of drug-likeness (QED) is 0.567. The second-order valence-electron chi connectivity index (χ2n) is 6.62. The molecule has 0 aliphatic carbocycles. The van der Waals surface area contributed by atoms with Gasteiger partial charge in [0.15, 0.2) is 0 Å². The molecule has 6 nitrogen and oxygen atoms in total. The van der Waals surface area contributed by atoms with Crippen LogP contribution in [0.25, 0.3) is 0 Å². The third-order valence-electron chi connectivity index (χ3n) is 3.76. The van der Waals surface area contributed by atoms with Gasteiger partial charge in [-0.25, -0.2) is 4.98 Å². The fraction of sp³-hybridized carbons (Fsp3) is 0.600. The maximum absolute atomic E-state index is 12.2. The lowest BCUT2D eigenvalue weighted by Crippen LogP contribution is -2.39. The van der Waals surface area contributed by atoms with Crippen LogP contribution in [0.1, 0.15) is 33.6 Å². The minimum absolute atomic E-state index is 0.106. The average Bonchev–Trinajstić information content (AvgIpc) is 2.46. The Morgan fingerprint density at radius 1 is 1.39 bits per heavy atom. The van der Waals surface area contributed by atoms with Gasteiger partial charge in [0.25, 0.3) is 0 Å². The summed E-state index contributed by atoms with van der Waals surface area (Å²) in [5.41, 5.74) is -0.118. The van der Waals surface area contributed by atoms with Gasteiger partial charge in [0, 0.05) is 6.61 Å². The van der Waals surface area contributed by atoms with E-state index in [-0.39, 0.29) is 16.4 Å². The maximum Gasteiger partial charge on any atom is 0.343 e. The zero-order valence-electron chi connectivity index (χ0n) is 13.3. The molecule has 1 aliphatic heterocycles. The Bertz CT molecular complexity index is 666. The summed E-state index contributed by atoms with van der Waals surface area (Å²) >= 11 is 3.12. The van der Waals surface area contributed by atoms with Gasteiger partial charge < -0.3 is 8.92 Å². The molecule has 8 heteroatoms. The standard InChI is InChI=1S/C15H20BrNO5S/c1-15(2,3)12-8-10(6-7-21-12)14(18)22-23(19,20)11-4-5-13(16)17-9-11/h4-5,9-10,12H,6-8H2,1-3H3. The Hall–Kier alpha value is -0.990. The van der Waals surface area contributed by atoms with E-state index in [4.69, 9.17) is 8.92 Å². The van der Waals surface area contributed by atoms with E-state index in [1.54, 1.807) is 0 Å². The minimum Gasteiger partial charge on any atom is -0.378 e. The number of pyridine rings is 1. The van der Waals surface area contributed by atoms with E-state index in [1.165, 1.54) is 12.1 Å². The predicted octanol–water partition coefficient (Wildman–Crippen LogP) is 2.92. The van der Waals surface area contributed by atoms with Crippen LogP contribution in [-0.2, 0) is 23.8 Å². The summed E-state index contributed by atoms with van der Waals surface area (Å²) in [6.45, 7) is 6.49. The number of aromatic nitrogens is 1. The summed E-state index contributed by atoms with van der Waals surface area (Å²) in [5, 5.41) is 0. The van der Waals surface area contributed by atoms with Crippen LogP contribution in [0.3, 0.4) is 0 Å². The lowest BCUT2D eigenvalue weighted by Gasteiger charge is -2.36. The predicted molar refractivity (Wildman–Crippen MR) is 87.1 cm³/mol. The number of carbonyl (C=O) groups is 1. The monoisotopic (exact) mass is 405 g/mol. The second-order valence-corrected chi connectivity index (χ2v) is 8.98. The van der Waals surface area contributed by atoms with E-state index in [9.17, 15) is 13.2 Å². The molecule has 1 aromatic heterocycles. The highest BCUT2D eigenvalue weighted by atomic mass is 79.9. The normalized spacial score (nSPS) is 22.6. The van der Waals surface area contributed by atoms with Crippen LogP contribution < -0.4 is 0 Å². The highest BCUT2D eigenvalue weighted by molar-refractivity contribution is 9.10. The molecule has 0 N–H and O–H groups in total. The molecule has 2 rings (SSSR count). The van der Waals surface area contributed by atoms with Crippen LogP contribution in [-0.4, -0.2) is 32.1 Å². The molecule has 1 aromatic rings. The first kappa shape index (κ1) is 18.4. The van der Waals surface area contributed by atoms with Gasteiger partial charge in [-0.15, -0.1) is 0 Å². The number of nitrogens with zero attached hydrogens (tertiary/aromatic N) is 1. The molecule has 2 unspecified atom stereocenters. The summed E-state index contributed by atoms with van der Waals surface area (Å²) in [5.74, 6) is -1.21. The van der Waals surface area contributed by atoms with Crippen LogP contribution in [0, 0.1) is 11.3 Å². The summed E-state index contributed by atoms with van der Waals surface area (Å²) in [6, 6.07) is 2.81. The maximum atomic E-state index is 12.2. The number of carbonyl (C=O) groups excluding carboxylic acids is 1. The van der Waals surface area contributed by atoms with Crippen LogP contribution in [0.5, 0.6) is 0 Å². The molecular formula is C15H20BrNO5S. The third kappa shape index (κ3) is 4.74. The van der Waals surface area contributed by atoms with Gasteiger partial charge in [0.2, 0.25) is 0 Å².